The lowest BCUT2D eigenvalue weighted by molar-refractivity contribution is -0.156. The highest BCUT2D eigenvalue weighted by molar-refractivity contribution is 6.43. The molecule has 5 heteroatoms. The van der Waals surface area contributed by atoms with Crippen molar-refractivity contribution in [1.82, 2.24) is 0 Å². The summed E-state index contributed by atoms with van der Waals surface area (Å²) in [6, 6.07) is 0. The third-order valence-electron chi connectivity index (χ3n) is 8.84. The number of Topliss-reactive ketones (excluding diaryl/α,β-unsaturated/α-hetero) is 1. The fourth-order valence-electron chi connectivity index (χ4n) is 7.63. The molecule has 0 aromatic heterocycles. The molecule has 0 heterocycles. The van der Waals surface area contributed by atoms with E-state index >= 15 is 0 Å². The van der Waals surface area contributed by atoms with Gasteiger partial charge in [-0.2, -0.15) is 0 Å². The third-order valence-corrected chi connectivity index (χ3v) is 8.84. The normalized spacial score (nSPS) is 45.7. The quantitative estimate of drug-likeness (QED) is 0.310. The first-order valence-electron chi connectivity index (χ1n) is 10.7. The van der Waals surface area contributed by atoms with Crippen LogP contribution in [0.2, 0.25) is 0 Å². The van der Waals surface area contributed by atoms with E-state index in [-0.39, 0.29) is 28.7 Å². The van der Waals surface area contributed by atoms with Gasteiger partial charge in [-0.25, -0.2) is 0 Å². The van der Waals surface area contributed by atoms with Gasteiger partial charge in [0.25, 0.3) is 0 Å². The molecule has 0 bridgehead atoms. The Hall–Kier alpha value is -1.65. The molecule has 3 saturated carbocycles. The zero-order valence-electron chi connectivity index (χ0n) is 17.7. The van der Waals surface area contributed by atoms with Gasteiger partial charge in [-0.15, -0.1) is 0 Å². The largest absolute Gasteiger partial charge is 0.462 e. The second-order valence-electron chi connectivity index (χ2n) is 10.5. The monoisotopic (exact) mass is 387 g/mol. The van der Waals surface area contributed by atoms with Crippen LogP contribution in [-0.4, -0.2) is 28.8 Å². The highest BCUT2D eigenvalue weighted by atomic mass is 16.5. The summed E-state index contributed by atoms with van der Waals surface area (Å²) in [5.41, 5.74) is 0.834. The maximum absolute atomic E-state index is 12.8. The van der Waals surface area contributed by atoms with Crippen LogP contribution in [0.3, 0.4) is 0 Å². The first kappa shape index (κ1) is 19.7. The van der Waals surface area contributed by atoms with Crippen LogP contribution >= 0.6 is 0 Å². The molecular weight excluding hydrogens is 354 g/mol. The van der Waals surface area contributed by atoms with Crippen molar-refractivity contribution in [2.45, 2.75) is 79.2 Å². The molecule has 28 heavy (non-hydrogen) atoms. The second-order valence-corrected chi connectivity index (χ2v) is 10.5. The molecule has 6 atom stereocenters. The highest BCUT2D eigenvalue weighted by Gasteiger charge is 2.62. The van der Waals surface area contributed by atoms with E-state index in [4.69, 9.17) is 4.74 Å². The lowest BCUT2D eigenvalue weighted by Gasteiger charge is -2.59. The van der Waals surface area contributed by atoms with E-state index in [2.05, 4.69) is 25.1 Å². The highest BCUT2D eigenvalue weighted by Crippen LogP contribution is 2.66. The van der Waals surface area contributed by atoms with E-state index in [9.17, 15) is 14.8 Å². The number of allylic oxidation sites excluding steroid dienone is 2. The summed E-state index contributed by atoms with van der Waals surface area (Å²) >= 11 is 0. The molecule has 154 valence electrons. The summed E-state index contributed by atoms with van der Waals surface area (Å²) < 4.78 is 5.73. The van der Waals surface area contributed by atoms with Crippen LogP contribution in [-0.2, 0) is 14.3 Å². The van der Waals surface area contributed by atoms with Crippen molar-refractivity contribution < 1.29 is 19.5 Å². The van der Waals surface area contributed by atoms with Gasteiger partial charge < -0.3 is 9.94 Å². The van der Waals surface area contributed by atoms with Crippen molar-refractivity contribution in [2.75, 3.05) is 0 Å². The summed E-state index contributed by atoms with van der Waals surface area (Å²) in [5, 5.41) is 12.9. The Balaban J connectivity index is 1.71. The first-order valence-corrected chi connectivity index (χ1v) is 10.7. The van der Waals surface area contributed by atoms with Gasteiger partial charge in [0, 0.05) is 18.8 Å². The third kappa shape index (κ3) is 2.47. The van der Waals surface area contributed by atoms with Crippen LogP contribution in [0, 0.1) is 34.0 Å². The maximum Gasteiger partial charge on any atom is 0.302 e. The number of carbonyl (C=O) groups excluding carboxylic acids is 2. The number of ether oxygens (including phenoxy) is 1. The van der Waals surface area contributed by atoms with Gasteiger partial charge in [-0.3, -0.25) is 9.59 Å². The number of ketones is 1. The Bertz CT molecular complexity index is 781. The number of oxime groups is 1. The van der Waals surface area contributed by atoms with Gasteiger partial charge in [-0.1, -0.05) is 30.7 Å². The molecule has 6 unspecified atom stereocenters. The number of rotatable bonds is 1. The smallest absolute Gasteiger partial charge is 0.302 e. The van der Waals surface area contributed by atoms with Crippen molar-refractivity contribution in [1.29, 1.82) is 0 Å². The molecule has 0 aliphatic heterocycles. The number of fused-ring (bicyclic) bond motifs is 5. The van der Waals surface area contributed by atoms with Crippen molar-refractivity contribution in [3.63, 3.8) is 0 Å². The standard InChI is InChI=1S/C23H33NO4/c1-13(25)28-19-9-7-15-14-6-8-18-21(2,3)20(26)17(24-27)12-23(18,5)16(14)10-11-22(15,19)4/h8,14-16,19,27H,6-7,9-12H2,1-5H3/b24-17-. The van der Waals surface area contributed by atoms with Crippen molar-refractivity contribution >= 4 is 17.5 Å². The molecule has 0 aromatic rings. The zero-order valence-corrected chi connectivity index (χ0v) is 17.7. The average Bonchev–Trinajstić information content (AvgIpc) is 2.94. The van der Waals surface area contributed by atoms with E-state index in [0.717, 1.165) is 32.1 Å². The van der Waals surface area contributed by atoms with Crippen LogP contribution in [0.15, 0.2) is 16.8 Å². The second kappa shape index (κ2) is 6.17. The van der Waals surface area contributed by atoms with Gasteiger partial charge in [0.15, 0.2) is 5.78 Å². The molecule has 0 radical (unpaired) electrons. The van der Waals surface area contributed by atoms with Crippen molar-refractivity contribution in [3.8, 4) is 0 Å². The zero-order chi connectivity index (χ0) is 20.5. The number of nitrogens with zero attached hydrogens (tertiary/aromatic N) is 1. The molecule has 4 rings (SSSR count). The molecule has 0 spiro atoms. The van der Waals surface area contributed by atoms with Gasteiger partial charge >= 0.3 is 5.97 Å². The Labute approximate surface area is 167 Å². The summed E-state index contributed by atoms with van der Waals surface area (Å²) in [4.78, 5) is 24.4. The molecule has 1 N–H and O–H groups in total. The maximum atomic E-state index is 12.8. The molecule has 5 nitrogen and oxygen atoms in total. The summed E-state index contributed by atoms with van der Waals surface area (Å²) in [6.45, 7) is 10.0. The van der Waals surface area contributed by atoms with Gasteiger partial charge in [0.1, 0.15) is 11.8 Å². The van der Waals surface area contributed by atoms with Crippen LogP contribution < -0.4 is 0 Å². The first-order chi connectivity index (χ1) is 13.1. The Morgan fingerprint density at radius 3 is 2.54 bits per heavy atom. The van der Waals surface area contributed by atoms with E-state index in [1.807, 2.05) is 13.8 Å². The number of hydrogen-bond acceptors (Lipinski definition) is 5. The number of carbonyl (C=O) groups is 2. The summed E-state index contributed by atoms with van der Waals surface area (Å²) in [7, 11) is 0. The lowest BCUT2D eigenvalue weighted by Crippen LogP contribution is -2.56. The van der Waals surface area contributed by atoms with Crippen LogP contribution in [0.4, 0.5) is 0 Å². The Morgan fingerprint density at radius 2 is 1.89 bits per heavy atom. The molecule has 0 saturated heterocycles. The predicted molar refractivity (Wildman–Crippen MR) is 106 cm³/mol. The van der Waals surface area contributed by atoms with Crippen LogP contribution in [0.25, 0.3) is 0 Å². The molecule has 0 amide bonds. The van der Waals surface area contributed by atoms with Crippen molar-refractivity contribution in [2.24, 2.45) is 39.2 Å². The minimum absolute atomic E-state index is 0.0214. The fraction of sp³-hybridized carbons (Fsp3) is 0.783. The Morgan fingerprint density at radius 1 is 1.18 bits per heavy atom. The lowest BCUT2D eigenvalue weighted by atomic mass is 9.45. The van der Waals surface area contributed by atoms with Gasteiger partial charge in [-0.05, 0) is 69.1 Å². The minimum Gasteiger partial charge on any atom is -0.462 e. The number of esters is 1. The van der Waals surface area contributed by atoms with Crippen LogP contribution in [0.5, 0.6) is 0 Å². The van der Waals surface area contributed by atoms with Gasteiger partial charge in [0.05, 0.1) is 5.41 Å². The SMILES string of the molecule is CC(=O)OC1CCC2C3CC=C4C(C)(C)C(=O)/C(=N\O)CC4(C)C3CCC12C. The predicted octanol–water partition coefficient (Wildman–Crippen LogP) is 4.53. The van der Waals surface area contributed by atoms with Crippen LogP contribution in [0.1, 0.15) is 73.1 Å². The summed E-state index contributed by atoms with van der Waals surface area (Å²) in [5.74, 6) is 1.29. The van der Waals surface area contributed by atoms with E-state index in [0.29, 0.717) is 29.9 Å². The minimum atomic E-state index is -0.615. The molecule has 0 aromatic carbocycles. The van der Waals surface area contributed by atoms with Gasteiger partial charge in [0.2, 0.25) is 0 Å². The number of hydrogen-bond donors (Lipinski definition) is 1. The molecular formula is C23H33NO4. The molecule has 3 fully saturated rings. The average molecular weight is 388 g/mol. The molecule has 4 aliphatic carbocycles. The molecule has 4 aliphatic rings. The van der Waals surface area contributed by atoms with E-state index in [1.165, 1.54) is 12.5 Å². The van der Waals surface area contributed by atoms with E-state index < -0.39 is 5.41 Å². The topological polar surface area (TPSA) is 76.0 Å². The fourth-order valence-corrected chi connectivity index (χ4v) is 7.63. The van der Waals surface area contributed by atoms with E-state index in [1.54, 1.807) is 0 Å². The van der Waals surface area contributed by atoms with Crippen molar-refractivity contribution in [3.05, 3.63) is 11.6 Å². The Kier molecular flexibility index (Phi) is 4.33. The summed E-state index contributed by atoms with van der Waals surface area (Å²) in [6.07, 6.45) is 8.00.